The third-order valence-electron chi connectivity index (χ3n) is 3.72. The van der Waals surface area contributed by atoms with Crippen LogP contribution in [0.2, 0.25) is 0 Å². The normalized spacial score (nSPS) is 10.7. The van der Waals surface area contributed by atoms with Crippen LogP contribution in [0.3, 0.4) is 0 Å². The van der Waals surface area contributed by atoms with E-state index >= 15 is 0 Å². The second-order valence-corrected chi connectivity index (χ2v) is 5.54. The zero-order valence-corrected chi connectivity index (χ0v) is 18.1. The van der Waals surface area contributed by atoms with Crippen LogP contribution in [0.4, 0.5) is 0 Å². The van der Waals surface area contributed by atoms with E-state index in [2.05, 4.69) is 28.2 Å². The molecule has 1 heterocycles. The number of aliphatic imine (C=N–C) groups is 1. The summed E-state index contributed by atoms with van der Waals surface area (Å²) in [5.74, 6) is 2.31. The summed E-state index contributed by atoms with van der Waals surface area (Å²) < 4.78 is 10.6. The molecule has 142 valence electrons. The molecule has 6 nitrogen and oxygen atoms in total. The van der Waals surface area contributed by atoms with Gasteiger partial charge in [-0.15, -0.1) is 24.0 Å². The highest BCUT2D eigenvalue weighted by molar-refractivity contribution is 14.0. The first-order valence-electron chi connectivity index (χ1n) is 8.28. The highest BCUT2D eigenvalue weighted by Crippen LogP contribution is 2.19. The van der Waals surface area contributed by atoms with Gasteiger partial charge in [0.05, 0.1) is 20.8 Å². The molecule has 0 aliphatic rings. The predicted molar refractivity (Wildman–Crippen MR) is 115 cm³/mol. The lowest BCUT2D eigenvalue weighted by Gasteiger charge is -2.23. The summed E-state index contributed by atoms with van der Waals surface area (Å²) in [5.41, 5.74) is 2.16. The molecule has 1 aromatic heterocycles. The fraction of sp³-hybridized carbons (Fsp3) is 0.368. The smallest absolute Gasteiger partial charge is 0.213 e. The van der Waals surface area contributed by atoms with Crippen molar-refractivity contribution >= 4 is 29.9 Å². The lowest BCUT2D eigenvalue weighted by atomic mass is 10.2. The maximum absolute atomic E-state index is 5.43. The molecule has 0 saturated heterocycles. The Hall–Kier alpha value is -2.03. The highest BCUT2D eigenvalue weighted by Gasteiger charge is 2.10. The first kappa shape index (κ1) is 22.0. The summed E-state index contributed by atoms with van der Waals surface area (Å²) in [6.45, 7) is 4.11. The number of nitrogens with one attached hydrogen (secondary N) is 1. The molecule has 2 rings (SSSR count). The largest absolute Gasteiger partial charge is 0.496 e. The minimum atomic E-state index is 0. The van der Waals surface area contributed by atoms with Gasteiger partial charge in [-0.25, -0.2) is 9.98 Å². The summed E-state index contributed by atoms with van der Waals surface area (Å²) >= 11 is 0. The van der Waals surface area contributed by atoms with Crippen molar-refractivity contribution in [1.82, 2.24) is 15.2 Å². The van der Waals surface area contributed by atoms with Crippen molar-refractivity contribution in [2.45, 2.75) is 20.0 Å². The van der Waals surface area contributed by atoms with Gasteiger partial charge in [0.2, 0.25) is 5.88 Å². The van der Waals surface area contributed by atoms with E-state index < -0.39 is 0 Å². The lowest BCUT2D eigenvalue weighted by Crippen LogP contribution is -2.38. The molecule has 0 aliphatic carbocycles. The molecule has 0 bridgehead atoms. The van der Waals surface area contributed by atoms with Crippen molar-refractivity contribution in [2.24, 2.45) is 4.99 Å². The molecule has 0 atom stereocenters. The Labute approximate surface area is 172 Å². The van der Waals surface area contributed by atoms with E-state index in [0.29, 0.717) is 19.0 Å². The summed E-state index contributed by atoms with van der Waals surface area (Å²) in [4.78, 5) is 10.9. The monoisotopic (exact) mass is 470 g/mol. The number of para-hydroxylation sites is 1. The van der Waals surface area contributed by atoms with Gasteiger partial charge >= 0.3 is 0 Å². The zero-order chi connectivity index (χ0) is 18.1. The Morgan fingerprint density at radius 2 is 1.96 bits per heavy atom. The topological polar surface area (TPSA) is 59.0 Å². The number of nitrogens with zero attached hydrogens (tertiary/aromatic N) is 3. The van der Waals surface area contributed by atoms with E-state index in [1.807, 2.05) is 37.4 Å². The molecule has 0 radical (unpaired) electrons. The van der Waals surface area contributed by atoms with Crippen LogP contribution < -0.4 is 14.8 Å². The Morgan fingerprint density at radius 3 is 2.65 bits per heavy atom. The molecule has 0 unspecified atom stereocenters. The summed E-state index contributed by atoms with van der Waals surface area (Å²) in [5, 5.41) is 3.33. The molecule has 1 aromatic carbocycles. The number of benzene rings is 1. The molecule has 0 spiro atoms. The number of pyridine rings is 1. The van der Waals surface area contributed by atoms with Crippen LogP contribution in [0.5, 0.6) is 11.6 Å². The van der Waals surface area contributed by atoms with Crippen LogP contribution >= 0.6 is 24.0 Å². The number of aromatic nitrogens is 1. The molecular weight excluding hydrogens is 443 g/mol. The zero-order valence-electron chi connectivity index (χ0n) is 15.7. The second kappa shape index (κ2) is 11.6. The Kier molecular flexibility index (Phi) is 9.79. The minimum Gasteiger partial charge on any atom is -0.496 e. The molecule has 0 amide bonds. The van der Waals surface area contributed by atoms with Gasteiger partial charge in [0.1, 0.15) is 5.75 Å². The van der Waals surface area contributed by atoms with E-state index in [4.69, 9.17) is 14.5 Å². The van der Waals surface area contributed by atoms with Crippen LogP contribution in [-0.4, -0.2) is 43.7 Å². The molecular formula is C19H27IN4O2. The molecule has 7 heteroatoms. The standard InChI is InChI=1S/C19H26N4O2.HI/c1-5-20-19(22-13-15-10-11-21-18(12-15)25-4)23(2)14-16-8-6-7-9-17(16)24-3;/h6-12H,5,13-14H2,1-4H3,(H,20,22);1H. The average Bonchev–Trinajstić information content (AvgIpc) is 2.65. The van der Waals surface area contributed by atoms with Gasteiger partial charge in [-0.1, -0.05) is 18.2 Å². The van der Waals surface area contributed by atoms with Gasteiger partial charge in [0, 0.05) is 38.0 Å². The number of hydrogen-bond acceptors (Lipinski definition) is 4. The first-order valence-corrected chi connectivity index (χ1v) is 8.28. The SMILES string of the molecule is CCNC(=NCc1ccnc(OC)c1)N(C)Cc1ccccc1OC.I. The number of guanidine groups is 1. The molecule has 2 aromatic rings. The number of hydrogen-bond donors (Lipinski definition) is 1. The number of halogens is 1. The fourth-order valence-corrected chi connectivity index (χ4v) is 2.46. The van der Waals surface area contributed by atoms with E-state index in [1.54, 1.807) is 20.4 Å². The predicted octanol–water partition coefficient (Wildman–Crippen LogP) is 3.31. The number of rotatable bonds is 7. The van der Waals surface area contributed by atoms with Gasteiger partial charge in [-0.05, 0) is 24.6 Å². The number of ether oxygens (including phenoxy) is 2. The summed E-state index contributed by atoms with van der Waals surface area (Å²) in [6.07, 6.45) is 1.73. The van der Waals surface area contributed by atoms with Crippen LogP contribution in [0.1, 0.15) is 18.1 Å². The molecule has 1 N–H and O–H groups in total. The summed E-state index contributed by atoms with van der Waals surface area (Å²) in [7, 11) is 5.32. The number of methoxy groups -OCH3 is 2. The third kappa shape index (κ3) is 6.36. The lowest BCUT2D eigenvalue weighted by molar-refractivity contribution is 0.395. The van der Waals surface area contributed by atoms with Crippen molar-refractivity contribution in [3.05, 3.63) is 53.7 Å². The quantitative estimate of drug-likeness (QED) is 0.382. The van der Waals surface area contributed by atoms with Gasteiger partial charge in [-0.2, -0.15) is 0 Å². The Balaban J connectivity index is 0.00000338. The van der Waals surface area contributed by atoms with Crippen molar-refractivity contribution in [2.75, 3.05) is 27.8 Å². The molecule has 26 heavy (non-hydrogen) atoms. The molecule has 0 aliphatic heterocycles. The maximum atomic E-state index is 5.43. The Bertz CT molecular complexity index is 709. The fourth-order valence-electron chi connectivity index (χ4n) is 2.46. The van der Waals surface area contributed by atoms with Gasteiger partial charge in [0.25, 0.3) is 0 Å². The van der Waals surface area contributed by atoms with E-state index in [0.717, 1.165) is 29.4 Å². The van der Waals surface area contributed by atoms with Gasteiger partial charge in [-0.3, -0.25) is 0 Å². The van der Waals surface area contributed by atoms with Crippen molar-refractivity contribution in [3.63, 3.8) is 0 Å². The average molecular weight is 470 g/mol. The minimum absolute atomic E-state index is 0. The first-order chi connectivity index (χ1) is 12.2. The highest BCUT2D eigenvalue weighted by atomic mass is 127. The summed E-state index contributed by atoms with van der Waals surface area (Å²) in [6, 6.07) is 11.9. The van der Waals surface area contributed by atoms with Gasteiger partial charge in [0.15, 0.2) is 5.96 Å². The van der Waals surface area contributed by atoms with Crippen LogP contribution in [0, 0.1) is 0 Å². The Morgan fingerprint density at radius 1 is 1.19 bits per heavy atom. The van der Waals surface area contributed by atoms with Crippen molar-refractivity contribution in [3.8, 4) is 11.6 Å². The molecule has 0 fully saturated rings. The van der Waals surface area contributed by atoms with Crippen molar-refractivity contribution < 1.29 is 9.47 Å². The second-order valence-electron chi connectivity index (χ2n) is 5.54. The van der Waals surface area contributed by atoms with Crippen LogP contribution in [0.25, 0.3) is 0 Å². The van der Waals surface area contributed by atoms with E-state index in [1.165, 1.54) is 0 Å². The van der Waals surface area contributed by atoms with Crippen LogP contribution in [0.15, 0.2) is 47.6 Å². The van der Waals surface area contributed by atoms with E-state index in [-0.39, 0.29) is 24.0 Å². The van der Waals surface area contributed by atoms with Crippen LogP contribution in [-0.2, 0) is 13.1 Å². The van der Waals surface area contributed by atoms with Crippen molar-refractivity contribution in [1.29, 1.82) is 0 Å². The molecule has 0 saturated carbocycles. The third-order valence-corrected chi connectivity index (χ3v) is 3.72. The van der Waals surface area contributed by atoms with E-state index in [9.17, 15) is 0 Å². The maximum Gasteiger partial charge on any atom is 0.213 e. The van der Waals surface area contributed by atoms with Gasteiger partial charge < -0.3 is 19.7 Å².